The summed E-state index contributed by atoms with van der Waals surface area (Å²) >= 11 is 3.22. The Labute approximate surface area is 106 Å². The quantitative estimate of drug-likeness (QED) is 0.917. The molecule has 2 heterocycles. The van der Waals surface area contributed by atoms with E-state index in [9.17, 15) is 5.11 Å². The average molecular weight is 294 g/mol. The zero-order chi connectivity index (χ0) is 12.4. The number of nitriles is 1. The zero-order valence-corrected chi connectivity index (χ0v) is 10.5. The van der Waals surface area contributed by atoms with Crippen molar-refractivity contribution in [3.8, 4) is 17.5 Å². The van der Waals surface area contributed by atoms with Crippen LogP contribution in [0.2, 0.25) is 0 Å². The van der Waals surface area contributed by atoms with E-state index < -0.39 is 0 Å². The molecule has 86 valence electrons. The van der Waals surface area contributed by atoms with Gasteiger partial charge in [-0.2, -0.15) is 5.26 Å². The molecule has 0 atom stereocenters. The molecule has 0 aromatic carbocycles. The molecule has 2 aromatic heterocycles. The monoisotopic (exact) mass is 293 g/mol. The second-order valence-corrected chi connectivity index (χ2v) is 4.23. The van der Waals surface area contributed by atoms with Gasteiger partial charge in [-0.3, -0.25) is 0 Å². The number of halogens is 1. The Bertz CT molecular complexity index is 601. The Balaban J connectivity index is 2.57. The molecule has 6 heteroatoms. The van der Waals surface area contributed by atoms with E-state index in [1.165, 1.54) is 0 Å². The summed E-state index contributed by atoms with van der Waals surface area (Å²) in [7, 11) is 0. The van der Waals surface area contributed by atoms with Crippen LogP contribution in [0.1, 0.15) is 17.0 Å². The van der Waals surface area contributed by atoms with E-state index >= 15 is 0 Å². The first-order valence-electron chi connectivity index (χ1n) is 4.80. The van der Waals surface area contributed by atoms with Crippen LogP contribution in [0.5, 0.6) is 0 Å². The van der Waals surface area contributed by atoms with Crippen molar-refractivity contribution in [3.63, 3.8) is 0 Å². The molecule has 0 bridgehead atoms. The maximum absolute atomic E-state index is 9.23. The maximum Gasteiger partial charge on any atom is 0.191 e. The third-order valence-corrected chi connectivity index (χ3v) is 2.97. The average Bonchev–Trinajstić information content (AvgIpc) is 2.71. The van der Waals surface area contributed by atoms with E-state index in [1.807, 2.05) is 6.07 Å². The molecule has 2 rings (SSSR count). The van der Waals surface area contributed by atoms with E-state index in [1.54, 1.807) is 19.1 Å². The van der Waals surface area contributed by atoms with E-state index in [0.29, 0.717) is 27.2 Å². The molecule has 0 spiro atoms. The minimum Gasteiger partial charge on any atom is -0.391 e. The van der Waals surface area contributed by atoms with Crippen molar-refractivity contribution < 1.29 is 9.63 Å². The van der Waals surface area contributed by atoms with Gasteiger partial charge in [0.05, 0.1) is 16.8 Å². The molecule has 0 fully saturated rings. The summed E-state index contributed by atoms with van der Waals surface area (Å²) < 4.78 is 5.73. The van der Waals surface area contributed by atoms with Gasteiger partial charge in [-0.1, -0.05) is 5.16 Å². The number of nitrogens with zero attached hydrogens (tertiary/aromatic N) is 3. The molecule has 0 aliphatic rings. The summed E-state index contributed by atoms with van der Waals surface area (Å²) in [5.74, 6) is 0.397. The molecule has 0 saturated heterocycles. The third kappa shape index (κ3) is 2.07. The van der Waals surface area contributed by atoms with Crippen LogP contribution in [0.3, 0.4) is 0 Å². The lowest BCUT2D eigenvalue weighted by atomic mass is 10.1. The van der Waals surface area contributed by atoms with Gasteiger partial charge in [-0.25, -0.2) is 4.98 Å². The molecular weight excluding hydrogens is 286 g/mol. The summed E-state index contributed by atoms with van der Waals surface area (Å²) in [6.07, 6.45) is 0. The summed E-state index contributed by atoms with van der Waals surface area (Å²) in [6, 6.07) is 5.37. The fourth-order valence-electron chi connectivity index (χ4n) is 1.42. The van der Waals surface area contributed by atoms with Crippen molar-refractivity contribution in [1.82, 2.24) is 10.1 Å². The molecule has 0 saturated carbocycles. The predicted octanol–water partition coefficient (Wildman–Crippen LogP) is 2.17. The number of aromatic nitrogens is 2. The SMILES string of the molecule is Cc1noc(-c2ccc(Br)c(C#N)n2)c1CO. The molecule has 17 heavy (non-hydrogen) atoms. The second kappa shape index (κ2) is 4.65. The molecule has 0 aliphatic heterocycles. The van der Waals surface area contributed by atoms with E-state index in [4.69, 9.17) is 9.78 Å². The Morgan fingerprint density at radius 3 is 2.94 bits per heavy atom. The molecule has 1 N–H and O–H groups in total. The van der Waals surface area contributed by atoms with Crippen molar-refractivity contribution in [1.29, 1.82) is 5.26 Å². The number of aliphatic hydroxyl groups excluding tert-OH is 1. The summed E-state index contributed by atoms with van der Waals surface area (Å²) in [4.78, 5) is 4.13. The summed E-state index contributed by atoms with van der Waals surface area (Å²) in [5.41, 5.74) is 1.95. The van der Waals surface area contributed by atoms with Gasteiger partial charge in [0.2, 0.25) is 0 Å². The van der Waals surface area contributed by atoms with Crippen LogP contribution in [0.25, 0.3) is 11.5 Å². The van der Waals surface area contributed by atoms with Gasteiger partial charge in [0.15, 0.2) is 11.5 Å². The lowest BCUT2D eigenvalue weighted by Crippen LogP contribution is -1.92. The first-order chi connectivity index (χ1) is 8.17. The molecule has 0 aliphatic carbocycles. The highest BCUT2D eigenvalue weighted by Crippen LogP contribution is 2.26. The first kappa shape index (κ1) is 11.8. The van der Waals surface area contributed by atoms with Gasteiger partial charge in [0, 0.05) is 5.56 Å². The van der Waals surface area contributed by atoms with Crippen LogP contribution in [0.15, 0.2) is 21.1 Å². The van der Waals surface area contributed by atoms with Crippen LogP contribution < -0.4 is 0 Å². The van der Waals surface area contributed by atoms with Crippen molar-refractivity contribution in [2.45, 2.75) is 13.5 Å². The Kier molecular flexibility index (Phi) is 3.22. The predicted molar refractivity (Wildman–Crippen MR) is 62.8 cm³/mol. The van der Waals surface area contributed by atoms with Gasteiger partial charge in [-0.15, -0.1) is 0 Å². The minimum atomic E-state index is -0.176. The van der Waals surface area contributed by atoms with E-state index in [-0.39, 0.29) is 12.3 Å². The first-order valence-corrected chi connectivity index (χ1v) is 5.59. The van der Waals surface area contributed by atoms with Crippen molar-refractivity contribution in [2.24, 2.45) is 0 Å². The number of rotatable bonds is 2. The molecular formula is C11H8BrN3O2. The molecule has 5 nitrogen and oxygen atoms in total. The van der Waals surface area contributed by atoms with Gasteiger partial charge in [-0.05, 0) is 35.0 Å². The second-order valence-electron chi connectivity index (χ2n) is 3.37. The zero-order valence-electron chi connectivity index (χ0n) is 8.94. The standard InChI is InChI=1S/C11H8BrN3O2/c1-6-7(5-16)11(17-15-6)9-3-2-8(12)10(4-13)14-9/h2-3,16H,5H2,1H3. The lowest BCUT2D eigenvalue weighted by molar-refractivity contribution is 0.280. The normalized spacial score (nSPS) is 10.2. The lowest BCUT2D eigenvalue weighted by Gasteiger charge is -2.00. The summed E-state index contributed by atoms with van der Waals surface area (Å²) in [6.45, 7) is 1.56. The van der Waals surface area contributed by atoms with E-state index in [0.717, 1.165) is 0 Å². The highest BCUT2D eigenvalue weighted by molar-refractivity contribution is 9.10. The smallest absolute Gasteiger partial charge is 0.191 e. The highest BCUT2D eigenvalue weighted by atomic mass is 79.9. The van der Waals surface area contributed by atoms with E-state index in [2.05, 4.69) is 26.1 Å². The third-order valence-electron chi connectivity index (χ3n) is 2.33. The van der Waals surface area contributed by atoms with Gasteiger partial charge in [0.25, 0.3) is 0 Å². The maximum atomic E-state index is 9.23. The van der Waals surface area contributed by atoms with Crippen LogP contribution in [-0.4, -0.2) is 15.2 Å². The van der Waals surface area contributed by atoms with Crippen LogP contribution in [-0.2, 0) is 6.61 Å². The number of pyridine rings is 1. The molecule has 2 aromatic rings. The van der Waals surface area contributed by atoms with Crippen LogP contribution >= 0.6 is 15.9 Å². The van der Waals surface area contributed by atoms with Gasteiger partial charge in [0.1, 0.15) is 11.8 Å². The van der Waals surface area contributed by atoms with Gasteiger partial charge >= 0.3 is 0 Å². The number of hydrogen-bond acceptors (Lipinski definition) is 5. The van der Waals surface area contributed by atoms with Crippen LogP contribution in [0.4, 0.5) is 0 Å². The fraction of sp³-hybridized carbons (Fsp3) is 0.182. The van der Waals surface area contributed by atoms with Crippen LogP contribution in [0, 0.1) is 18.3 Å². The molecule has 0 amide bonds. The fourth-order valence-corrected chi connectivity index (χ4v) is 1.73. The topological polar surface area (TPSA) is 82.9 Å². The van der Waals surface area contributed by atoms with Crippen molar-refractivity contribution in [3.05, 3.63) is 33.6 Å². The summed E-state index contributed by atoms with van der Waals surface area (Å²) in [5, 5.41) is 21.9. The highest BCUT2D eigenvalue weighted by Gasteiger charge is 2.16. The Morgan fingerprint density at radius 1 is 1.53 bits per heavy atom. The Morgan fingerprint density at radius 2 is 2.29 bits per heavy atom. The number of aryl methyl sites for hydroxylation is 1. The number of aliphatic hydroxyl groups is 1. The number of hydrogen-bond donors (Lipinski definition) is 1. The Hall–Kier alpha value is -1.71. The largest absolute Gasteiger partial charge is 0.391 e. The molecule has 0 unspecified atom stereocenters. The van der Waals surface area contributed by atoms with Crippen molar-refractivity contribution >= 4 is 15.9 Å². The minimum absolute atomic E-state index is 0.176. The van der Waals surface area contributed by atoms with Crippen molar-refractivity contribution in [2.75, 3.05) is 0 Å². The molecule has 0 radical (unpaired) electrons. The van der Waals surface area contributed by atoms with Gasteiger partial charge < -0.3 is 9.63 Å².